The van der Waals surface area contributed by atoms with Gasteiger partial charge in [-0.2, -0.15) is 0 Å². The standard InChI is InChI=1S/C17H25ClN4O/c1-2-19-17(21-13-16(23)22-10-3-4-11-22)20-9-8-14-6-5-7-15(18)12-14/h5-7,12H,2-4,8-11,13H2,1H3,(H2,19,20,21). The summed E-state index contributed by atoms with van der Waals surface area (Å²) in [5, 5.41) is 7.18. The van der Waals surface area contributed by atoms with E-state index in [2.05, 4.69) is 21.7 Å². The van der Waals surface area contributed by atoms with Crippen molar-refractivity contribution in [2.45, 2.75) is 26.2 Å². The van der Waals surface area contributed by atoms with Gasteiger partial charge in [-0.1, -0.05) is 23.7 Å². The molecule has 126 valence electrons. The predicted molar refractivity (Wildman–Crippen MR) is 95.0 cm³/mol. The summed E-state index contributed by atoms with van der Waals surface area (Å²) in [6, 6.07) is 7.83. The lowest BCUT2D eigenvalue weighted by Gasteiger charge is -2.15. The van der Waals surface area contributed by atoms with Crippen molar-refractivity contribution in [3.8, 4) is 0 Å². The highest BCUT2D eigenvalue weighted by molar-refractivity contribution is 6.30. The molecule has 2 N–H and O–H groups in total. The van der Waals surface area contributed by atoms with Crippen LogP contribution < -0.4 is 10.6 Å². The molecule has 23 heavy (non-hydrogen) atoms. The summed E-state index contributed by atoms with van der Waals surface area (Å²) in [6.45, 7) is 5.45. The van der Waals surface area contributed by atoms with Gasteiger partial charge >= 0.3 is 0 Å². The van der Waals surface area contributed by atoms with Crippen molar-refractivity contribution < 1.29 is 4.79 Å². The van der Waals surface area contributed by atoms with Gasteiger partial charge in [-0.3, -0.25) is 4.79 Å². The maximum atomic E-state index is 12.0. The summed E-state index contributed by atoms with van der Waals surface area (Å²) in [6.07, 6.45) is 3.06. The number of guanidine groups is 1. The third-order valence-electron chi connectivity index (χ3n) is 3.77. The van der Waals surface area contributed by atoms with E-state index in [4.69, 9.17) is 11.6 Å². The maximum Gasteiger partial charge on any atom is 0.244 e. The monoisotopic (exact) mass is 336 g/mol. The summed E-state index contributed by atoms with van der Waals surface area (Å²) in [5.41, 5.74) is 1.17. The van der Waals surface area contributed by atoms with Crippen molar-refractivity contribution in [3.63, 3.8) is 0 Å². The molecule has 0 spiro atoms. The average molecular weight is 337 g/mol. The molecule has 1 saturated heterocycles. The van der Waals surface area contributed by atoms with Crippen LogP contribution in [0.5, 0.6) is 0 Å². The number of halogens is 1. The van der Waals surface area contributed by atoms with Crippen LogP contribution in [0.3, 0.4) is 0 Å². The first-order valence-corrected chi connectivity index (χ1v) is 8.61. The SMILES string of the molecule is CCNC(=NCC(=O)N1CCCC1)NCCc1cccc(Cl)c1. The van der Waals surface area contributed by atoms with E-state index in [-0.39, 0.29) is 12.5 Å². The third-order valence-corrected chi connectivity index (χ3v) is 4.01. The van der Waals surface area contributed by atoms with E-state index < -0.39 is 0 Å². The summed E-state index contributed by atoms with van der Waals surface area (Å²) in [4.78, 5) is 18.3. The van der Waals surface area contributed by atoms with E-state index in [0.29, 0.717) is 5.96 Å². The van der Waals surface area contributed by atoms with Gasteiger partial charge in [-0.05, 0) is 43.9 Å². The van der Waals surface area contributed by atoms with Crippen molar-refractivity contribution in [2.75, 3.05) is 32.7 Å². The minimum absolute atomic E-state index is 0.106. The highest BCUT2D eigenvalue weighted by Crippen LogP contribution is 2.10. The van der Waals surface area contributed by atoms with E-state index in [1.165, 1.54) is 5.56 Å². The Morgan fingerprint density at radius 2 is 2.09 bits per heavy atom. The van der Waals surface area contributed by atoms with Crippen LogP contribution in [0.15, 0.2) is 29.3 Å². The van der Waals surface area contributed by atoms with Gasteiger partial charge in [-0.15, -0.1) is 0 Å². The largest absolute Gasteiger partial charge is 0.357 e. The molecular formula is C17H25ClN4O. The second kappa shape index (κ2) is 9.40. The van der Waals surface area contributed by atoms with Crippen LogP contribution in [0.25, 0.3) is 0 Å². The molecule has 0 aliphatic carbocycles. The summed E-state index contributed by atoms with van der Waals surface area (Å²) in [7, 11) is 0. The van der Waals surface area contributed by atoms with Crippen molar-refractivity contribution >= 4 is 23.5 Å². The Morgan fingerprint density at radius 1 is 1.30 bits per heavy atom. The van der Waals surface area contributed by atoms with Gasteiger partial charge in [0.15, 0.2) is 5.96 Å². The molecule has 0 saturated carbocycles. The number of rotatable bonds is 6. The van der Waals surface area contributed by atoms with Gasteiger partial charge in [0, 0.05) is 31.2 Å². The number of hydrogen-bond donors (Lipinski definition) is 2. The quantitative estimate of drug-likeness (QED) is 0.617. The van der Waals surface area contributed by atoms with E-state index in [1.807, 2.05) is 30.0 Å². The number of amides is 1. The number of carbonyl (C=O) groups is 1. The molecule has 1 fully saturated rings. The van der Waals surface area contributed by atoms with E-state index in [0.717, 1.165) is 50.5 Å². The number of likely N-dealkylation sites (tertiary alicyclic amines) is 1. The van der Waals surface area contributed by atoms with Crippen molar-refractivity contribution in [3.05, 3.63) is 34.9 Å². The number of nitrogens with zero attached hydrogens (tertiary/aromatic N) is 2. The Balaban J connectivity index is 1.80. The fourth-order valence-corrected chi connectivity index (χ4v) is 2.79. The highest BCUT2D eigenvalue weighted by Gasteiger charge is 2.17. The maximum absolute atomic E-state index is 12.0. The molecule has 0 bridgehead atoms. The fraction of sp³-hybridized carbons (Fsp3) is 0.529. The first kappa shape index (κ1) is 17.6. The lowest BCUT2D eigenvalue weighted by Crippen LogP contribution is -2.39. The van der Waals surface area contributed by atoms with Crippen LogP contribution in [0.2, 0.25) is 5.02 Å². The topological polar surface area (TPSA) is 56.7 Å². The van der Waals surface area contributed by atoms with Crippen LogP contribution in [-0.2, 0) is 11.2 Å². The Bertz CT molecular complexity index is 541. The molecule has 1 amide bonds. The van der Waals surface area contributed by atoms with Crippen LogP contribution in [0.1, 0.15) is 25.3 Å². The van der Waals surface area contributed by atoms with Crippen LogP contribution in [-0.4, -0.2) is 49.5 Å². The summed E-state index contributed by atoms with van der Waals surface area (Å²) >= 11 is 5.98. The first-order valence-electron chi connectivity index (χ1n) is 8.23. The van der Waals surface area contributed by atoms with Crippen molar-refractivity contribution in [1.29, 1.82) is 0 Å². The average Bonchev–Trinajstić information content (AvgIpc) is 3.07. The van der Waals surface area contributed by atoms with Crippen molar-refractivity contribution in [2.24, 2.45) is 4.99 Å². The molecule has 2 rings (SSSR count). The summed E-state index contributed by atoms with van der Waals surface area (Å²) < 4.78 is 0. The lowest BCUT2D eigenvalue weighted by molar-refractivity contribution is -0.128. The van der Waals surface area contributed by atoms with Gasteiger partial charge in [-0.25, -0.2) is 4.99 Å². The number of benzene rings is 1. The lowest BCUT2D eigenvalue weighted by atomic mass is 10.1. The van der Waals surface area contributed by atoms with E-state index in [1.54, 1.807) is 0 Å². The fourth-order valence-electron chi connectivity index (χ4n) is 2.57. The molecule has 1 aliphatic heterocycles. The highest BCUT2D eigenvalue weighted by atomic mass is 35.5. The van der Waals surface area contributed by atoms with Gasteiger partial charge in [0.2, 0.25) is 5.91 Å². The first-order chi connectivity index (χ1) is 11.2. The number of carbonyl (C=O) groups excluding carboxylic acids is 1. The van der Waals surface area contributed by atoms with E-state index >= 15 is 0 Å². The molecule has 6 heteroatoms. The van der Waals surface area contributed by atoms with Gasteiger partial charge in [0.1, 0.15) is 6.54 Å². The molecule has 1 aromatic carbocycles. The molecule has 1 aliphatic rings. The Labute approximate surface area is 143 Å². The number of aliphatic imine (C=N–C) groups is 1. The Kier molecular flexibility index (Phi) is 7.20. The number of hydrogen-bond acceptors (Lipinski definition) is 2. The normalized spacial score (nSPS) is 14.9. The van der Waals surface area contributed by atoms with Crippen LogP contribution >= 0.6 is 11.6 Å². The smallest absolute Gasteiger partial charge is 0.244 e. The predicted octanol–water partition coefficient (Wildman–Crippen LogP) is 2.06. The molecule has 0 unspecified atom stereocenters. The second-order valence-corrected chi connectivity index (χ2v) is 6.03. The summed E-state index contributed by atoms with van der Waals surface area (Å²) in [5.74, 6) is 0.789. The Hall–Kier alpha value is -1.75. The molecule has 1 aromatic rings. The third kappa shape index (κ3) is 6.10. The molecule has 0 aromatic heterocycles. The van der Waals surface area contributed by atoms with Crippen LogP contribution in [0.4, 0.5) is 0 Å². The number of nitrogens with one attached hydrogen (secondary N) is 2. The second-order valence-electron chi connectivity index (χ2n) is 5.59. The zero-order valence-corrected chi connectivity index (χ0v) is 14.4. The molecule has 0 radical (unpaired) electrons. The van der Waals surface area contributed by atoms with Gasteiger partial charge < -0.3 is 15.5 Å². The van der Waals surface area contributed by atoms with E-state index in [9.17, 15) is 4.79 Å². The molecule has 1 heterocycles. The van der Waals surface area contributed by atoms with Crippen LogP contribution in [0, 0.1) is 0 Å². The minimum atomic E-state index is 0.106. The zero-order valence-electron chi connectivity index (χ0n) is 13.6. The molecular weight excluding hydrogens is 312 g/mol. The molecule has 5 nitrogen and oxygen atoms in total. The van der Waals surface area contributed by atoms with Gasteiger partial charge in [0.25, 0.3) is 0 Å². The zero-order chi connectivity index (χ0) is 16.5. The minimum Gasteiger partial charge on any atom is -0.357 e. The van der Waals surface area contributed by atoms with Crippen molar-refractivity contribution in [1.82, 2.24) is 15.5 Å². The Morgan fingerprint density at radius 3 is 2.78 bits per heavy atom. The molecule has 0 atom stereocenters. The van der Waals surface area contributed by atoms with Gasteiger partial charge in [0.05, 0.1) is 0 Å².